The summed E-state index contributed by atoms with van der Waals surface area (Å²) < 4.78 is 5.28. The highest BCUT2D eigenvalue weighted by atomic mass is 16.3. The maximum Gasteiger partial charge on any atom is 0.122 e. The van der Waals surface area contributed by atoms with Crippen LogP contribution in [0.5, 0.6) is 0 Å². The summed E-state index contributed by atoms with van der Waals surface area (Å²) in [6.07, 6.45) is 1.66. The molecule has 0 bridgehead atoms. The second-order valence-corrected chi connectivity index (χ2v) is 6.40. The van der Waals surface area contributed by atoms with Crippen LogP contribution in [0.3, 0.4) is 0 Å². The molecular weight excluding hydrogens is 264 g/mol. The van der Waals surface area contributed by atoms with E-state index in [1.165, 1.54) is 0 Å². The van der Waals surface area contributed by atoms with E-state index in [-0.39, 0.29) is 5.41 Å². The van der Waals surface area contributed by atoms with Crippen molar-refractivity contribution in [3.05, 3.63) is 42.4 Å². The van der Waals surface area contributed by atoms with E-state index in [0.717, 1.165) is 23.7 Å². The molecule has 0 spiro atoms. The monoisotopic (exact) mass is 288 g/mol. The maximum atomic E-state index is 6.10. The average Bonchev–Trinajstić information content (AvgIpc) is 2.87. The lowest BCUT2D eigenvalue weighted by Gasteiger charge is -2.28. The lowest BCUT2D eigenvalue weighted by Crippen LogP contribution is -2.38. The lowest BCUT2D eigenvalue weighted by molar-refractivity contribution is 0.412. The van der Waals surface area contributed by atoms with Gasteiger partial charge in [-0.2, -0.15) is 0 Å². The minimum absolute atomic E-state index is 0.109. The summed E-state index contributed by atoms with van der Waals surface area (Å²) in [6, 6.07) is 9.59. The summed E-state index contributed by atoms with van der Waals surface area (Å²) in [6.45, 7) is 7.78. The minimum Gasteiger partial charge on any atom is -0.467 e. The molecule has 0 saturated heterocycles. The van der Waals surface area contributed by atoms with Crippen molar-refractivity contribution in [1.82, 2.24) is 0 Å². The van der Waals surface area contributed by atoms with Crippen LogP contribution < -0.4 is 21.9 Å². The van der Waals surface area contributed by atoms with Gasteiger partial charge >= 0.3 is 0 Å². The van der Waals surface area contributed by atoms with Gasteiger partial charge in [0, 0.05) is 12.2 Å². The molecule has 0 saturated carbocycles. The Morgan fingerprint density at radius 2 is 2.00 bits per heavy atom. The van der Waals surface area contributed by atoms with E-state index in [0.29, 0.717) is 12.2 Å². The van der Waals surface area contributed by atoms with Gasteiger partial charge in [-0.1, -0.05) is 20.8 Å². The summed E-state index contributed by atoms with van der Waals surface area (Å²) in [5, 5.41) is 4.97. The second kappa shape index (κ2) is 6.10. The van der Waals surface area contributed by atoms with Gasteiger partial charge in [0.1, 0.15) is 5.76 Å². The maximum absolute atomic E-state index is 6.10. The predicted octanol–water partition coefficient (Wildman–Crippen LogP) is 3.20. The molecule has 114 valence electrons. The molecule has 5 heteroatoms. The van der Waals surface area contributed by atoms with Crippen LogP contribution in [0.1, 0.15) is 26.5 Å². The van der Waals surface area contributed by atoms with Gasteiger partial charge in [-0.3, -0.25) is 0 Å². The molecule has 0 aliphatic heterocycles. The fourth-order valence-corrected chi connectivity index (χ4v) is 2.12. The smallest absolute Gasteiger partial charge is 0.122 e. The zero-order valence-electron chi connectivity index (χ0n) is 12.9. The molecule has 0 atom stereocenters. The average molecular weight is 288 g/mol. The number of benzene rings is 1. The quantitative estimate of drug-likeness (QED) is 0.447. The third kappa shape index (κ3) is 4.43. The summed E-state index contributed by atoms with van der Waals surface area (Å²) >= 11 is 0. The molecule has 0 aliphatic rings. The van der Waals surface area contributed by atoms with Crippen LogP contribution in [0.15, 0.2) is 41.0 Å². The Morgan fingerprint density at radius 3 is 2.57 bits per heavy atom. The van der Waals surface area contributed by atoms with Crippen LogP contribution >= 0.6 is 0 Å². The highest BCUT2D eigenvalue weighted by Crippen LogP contribution is 2.27. The molecule has 0 aliphatic carbocycles. The zero-order chi connectivity index (χ0) is 15.5. The topological polar surface area (TPSA) is 80.5 Å². The van der Waals surface area contributed by atoms with Crippen molar-refractivity contribution in [3.63, 3.8) is 0 Å². The molecule has 21 heavy (non-hydrogen) atoms. The minimum atomic E-state index is 0.109. The number of nitrogens with zero attached hydrogens (tertiary/aromatic N) is 1. The number of anilines is 3. The number of hydrogen-bond donors (Lipinski definition) is 3. The van der Waals surface area contributed by atoms with Crippen LogP contribution in [0.4, 0.5) is 17.1 Å². The molecule has 0 amide bonds. The number of furan rings is 1. The fraction of sp³-hybridized carbons (Fsp3) is 0.375. The van der Waals surface area contributed by atoms with Gasteiger partial charge in [-0.05, 0) is 35.7 Å². The largest absolute Gasteiger partial charge is 0.467 e. The Bertz CT molecular complexity index is 572. The van der Waals surface area contributed by atoms with Gasteiger partial charge in [-0.15, -0.1) is 0 Å². The molecule has 0 radical (unpaired) electrons. The number of nitrogens with one attached hydrogen (secondary N) is 1. The zero-order valence-corrected chi connectivity index (χ0v) is 12.9. The SMILES string of the molecule is CC(C)(C)CN(N)c1ccc(NCc2ccco2)cc1N. The number of rotatable bonds is 5. The standard InChI is InChI=1S/C16H24N4O/c1-16(2,3)11-20(18)15-7-6-12(9-14(15)17)19-10-13-5-4-8-21-13/h4-9,19H,10-11,17-18H2,1-3H3. The molecule has 1 aromatic heterocycles. The van der Waals surface area contributed by atoms with Gasteiger partial charge in [-0.25, -0.2) is 5.84 Å². The molecule has 1 aromatic carbocycles. The molecule has 5 nitrogen and oxygen atoms in total. The van der Waals surface area contributed by atoms with Crippen molar-refractivity contribution in [1.29, 1.82) is 0 Å². The van der Waals surface area contributed by atoms with Crippen molar-refractivity contribution in [3.8, 4) is 0 Å². The first-order valence-electron chi connectivity index (χ1n) is 7.03. The van der Waals surface area contributed by atoms with Crippen molar-refractivity contribution in [2.24, 2.45) is 11.3 Å². The van der Waals surface area contributed by atoms with Gasteiger partial charge in [0.2, 0.25) is 0 Å². The van der Waals surface area contributed by atoms with Crippen LogP contribution in [-0.4, -0.2) is 6.54 Å². The van der Waals surface area contributed by atoms with Gasteiger partial charge < -0.3 is 20.5 Å². The molecule has 1 heterocycles. The highest BCUT2D eigenvalue weighted by molar-refractivity contribution is 5.72. The molecule has 0 unspecified atom stereocenters. The predicted molar refractivity (Wildman–Crippen MR) is 87.9 cm³/mol. The van der Waals surface area contributed by atoms with E-state index in [9.17, 15) is 0 Å². The van der Waals surface area contributed by atoms with E-state index in [1.807, 2.05) is 30.3 Å². The lowest BCUT2D eigenvalue weighted by atomic mass is 9.96. The normalized spacial score (nSPS) is 11.4. The molecule has 2 aromatic rings. The summed E-state index contributed by atoms with van der Waals surface area (Å²) in [5.41, 5.74) is 8.65. The highest BCUT2D eigenvalue weighted by Gasteiger charge is 2.16. The third-order valence-electron chi connectivity index (χ3n) is 3.03. The van der Waals surface area contributed by atoms with E-state index in [4.69, 9.17) is 16.0 Å². The first kappa shape index (κ1) is 15.3. The molecule has 2 rings (SSSR count). The first-order valence-corrected chi connectivity index (χ1v) is 7.03. The van der Waals surface area contributed by atoms with E-state index in [2.05, 4.69) is 26.1 Å². The Labute approximate surface area is 125 Å². The third-order valence-corrected chi connectivity index (χ3v) is 3.03. The van der Waals surface area contributed by atoms with Gasteiger partial charge in [0.15, 0.2) is 0 Å². The van der Waals surface area contributed by atoms with Crippen molar-refractivity contribution in [2.75, 3.05) is 22.6 Å². The number of nitrogens with two attached hydrogens (primary N) is 2. The Morgan fingerprint density at radius 1 is 1.24 bits per heavy atom. The van der Waals surface area contributed by atoms with Crippen LogP contribution in [-0.2, 0) is 6.54 Å². The van der Waals surface area contributed by atoms with Crippen LogP contribution in [0.2, 0.25) is 0 Å². The van der Waals surface area contributed by atoms with E-state index >= 15 is 0 Å². The van der Waals surface area contributed by atoms with E-state index < -0.39 is 0 Å². The molecule has 5 N–H and O–H groups in total. The molecule has 0 fully saturated rings. The summed E-state index contributed by atoms with van der Waals surface area (Å²) in [7, 11) is 0. The summed E-state index contributed by atoms with van der Waals surface area (Å²) in [4.78, 5) is 0. The van der Waals surface area contributed by atoms with Gasteiger partial charge in [0.25, 0.3) is 0 Å². The van der Waals surface area contributed by atoms with Crippen molar-refractivity contribution >= 4 is 17.1 Å². The van der Waals surface area contributed by atoms with Gasteiger partial charge in [0.05, 0.1) is 24.2 Å². The van der Waals surface area contributed by atoms with Crippen molar-refractivity contribution < 1.29 is 4.42 Å². The summed E-state index contributed by atoms with van der Waals surface area (Å²) in [5.74, 6) is 6.98. The fourth-order valence-electron chi connectivity index (χ4n) is 2.12. The first-order chi connectivity index (χ1) is 9.85. The van der Waals surface area contributed by atoms with Crippen molar-refractivity contribution in [2.45, 2.75) is 27.3 Å². The number of hydrazine groups is 1. The van der Waals surface area contributed by atoms with Crippen LogP contribution in [0, 0.1) is 5.41 Å². The Hall–Kier alpha value is -2.14. The van der Waals surface area contributed by atoms with Crippen LogP contribution in [0.25, 0.3) is 0 Å². The van der Waals surface area contributed by atoms with E-state index in [1.54, 1.807) is 11.3 Å². The molecular formula is C16H24N4O. The number of hydrogen-bond acceptors (Lipinski definition) is 5. The Kier molecular flexibility index (Phi) is 4.43. The number of nitrogen functional groups attached to an aromatic ring is 1. The second-order valence-electron chi connectivity index (χ2n) is 6.40. The Balaban J connectivity index is 2.03.